The van der Waals surface area contributed by atoms with E-state index in [9.17, 15) is 18.0 Å². The number of amides is 1. The molecule has 3 aromatic heterocycles. The first kappa shape index (κ1) is 21.8. The number of benzene rings is 2. The first-order valence-electron chi connectivity index (χ1n) is 9.94. The van der Waals surface area contributed by atoms with Gasteiger partial charge in [-0.1, -0.05) is 18.2 Å². The highest BCUT2D eigenvalue weighted by Crippen LogP contribution is 2.38. The zero-order valence-electron chi connectivity index (χ0n) is 17.3. The van der Waals surface area contributed by atoms with Crippen molar-refractivity contribution < 1.29 is 18.0 Å². The topological polar surface area (TPSA) is 128 Å². The van der Waals surface area contributed by atoms with Crippen molar-refractivity contribution in [1.82, 2.24) is 25.0 Å². The molecule has 3 heterocycles. The fourth-order valence-corrected chi connectivity index (χ4v) is 4.42. The van der Waals surface area contributed by atoms with Crippen LogP contribution in [0, 0.1) is 0 Å². The Bertz CT molecular complexity index is 1530. The monoisotopic (exact) mass is 483 g/mol. The number of fused-ring (bicyclic) bond motifs is 1. The summed E-state index contributed by atoms with van der Waals surface area (Å²) in [5.74, 6) is -0.775. The lowest BCUT2D eigenvalue weighted by Crippen LogP contribution is -2.11. The number of aromatic amines is 1. The molecule has 5 aromatic rings. The molecule has 0 atom stereocenters. The second-order valence-electron chi connectivity index (χ2n) is 7.46. The minimum Gasteiger partial charge on any atom is -0.364 e. The van der Waals surface area contributed by atoms with Crippen LogP contribution in [0.5, 0.6) is 0 Å². The number of nitrogens with one attached hydrogen (secondary N) is 1. The molecule has 12 heteroatoms. The molecule has 0 spiro atoms. The molecule has 0 radical (unpaired) electrons. The summed E-state index contributed by atoms with van der Waals surface area (Å²) in [5, 5.41) is 13.1. The van der Waals surface area contributed by atoms with Gasteiger partial charge in [0.2, 0.25) is 0 Å². The zero-order chi connectivity index (χ0) is 24.0. The average molecular weight is 483 g/mol. The summed E-state index contributed by atoms with van der Waals surface area (Å²) in [7, 11) is 0. The van der Waals surface area contributed by atoms with Crippen molar-refractivity contribution >= 4 is 28.1 Å². The first-order valence-corrected chi connectivity index (χ1v) is 10.8. The van der Waals surface area contributed by atoms with Crippen molar-refractivity contribution in [3.8, 4) is 27.5 Å². The number of nitrogens with zero attached hydrogens (tertiary/aromatic N) is 4. The van der Waals surface area contributed by atoms with Crippen LogP contribution in [0.3, 0.4) is 0 Å². The van der Waals surface area contributed by atoms with E-state index in [-0.39, 0.29) is 16.4 Å². The molecule has 0 saturated carbocycles. The summed E-state index contributed by atoms with van der Waals surface area (Å²) in [6, 6.07) is 11.8. The second-order valence-corrected chi connectivity index (χ2v) is 8.32. The number of nitrogens with two attached hydrogens (primary N) is 2. The van der Waals surface area contributed by atoms with Gasteiger partial charge in [0.25, 0.3) is 5.91 Å². The van der Waals surface area contributed by atoms with E-state index < -0.39 is 17.8 Å². The number of alkyl halides is 3. The van der Waals surface area contributed by atoms with Crippen LogP contribution in [0.1, 0.15) is 21.7 Å². The molecule has 0 aliphatic heterocycles. The Labute approximate surface area is 194 Å². The predicted molar refractivity (Wildman–Crippen MR) is 121 cm³/mol. The number of primary amides is 1. The first-order chi connectivity index (χ1) is 16.2. The van der Waals surface area contributed by atoms with Crippen LogP contribution in [0.2, 0.25) is 0 Å². The Balaban J connectivity index is 1.80. The van der Waals surface area contributed by atoms with E-state index in [1.165, 1.54) is 10.1 Å². The van der Waals surface area contributed by atoms with Crippen molar-refractivity contribution in [3.05, 3.63) is 71.0 Å². The molecule has 1 amide bonds. The molecule has 0 aliphatic rings. The molecule has 0 bridgehead atoms. The number of halogens is 3. The third-order valence-electron chi connectivity index (χ3n) is 5.23. The Kier molecular flexibility index (Phi) is 5.18. The number of thiazole rings is 1. The molecule has 172 valence electrons. The van der Waals surface area contributed by atoms with Crippen molar-refractivity contribution in [1.29, 1.82) is 0 Å². The molecule has 8 nitrogen and oxygen atoms in total. The van der Waals surface area contributed by atoms with Crippen LogP contribution >= 0.6 is 11.3 Å². The van der Waals surface area contributed by atoms with Gasteiger partial charge in [0.05, 0.1) is 17.4 Å². The van der Waals surface area contributed by atoms with Gasteiger partial charge in [0, 0.05) is 22.9 Å². The van der Waals surface area contributed by atoms with Gasteiger partial charge in [-0.3, -0.25) is 9.89 Å². The maximum Gasteiger partial charge on any atom is 0.435 e. The Morgan fingerprint density at radius 2 is 2.00 bits per heavy atom. The molecule has 0 unspecified atom stereocenters. The number of carbonyl (C=O) groups excluding carboxylic acids is 1. The molecular weight excluding hydrogens is 467 g/mol. The van der Waals surface area contributed by atoms with E-state index in [1.54, 1.807) is 12.3 Å². The summed E-state index contributed by atoms with van der Waals surface area (Å²) in [4.78, 5) is 15.6. The molecular formula is C22H16F3N7OS. The van der Waals surface area contributed by atoms with E-state index in [4.69, 9.17) is 11.5 Å². The molecule has 5 N–H and O–H groups in total. The minimum absolute atomic E-state index is 0.0406. The van der Waals surface area contributed by atoms with Crippen LogP contribution in [0.15, 0.2) is 54.0 Å². The van der Waals surface area contributed by atoms with Gasteiger partial charge in [0.15, 0.2) is 5.69 Å². The lowest BCUT2D eigenvalue weighted by molar-refractivity contribution is -0.141. The van der Waals surface area contributed by atoms with Gasteiger partial charge >= 0.3 is 6.18 Å². The van der Waals surface area contributed by atoms with E-state index in [2.05, 4.69) is 20.3 Å². The number of aromatic nitrogens is 5. The summed E-state index contributed by atoms with van der Waals surface area (Å²) in [6.45, 7) is 0.303. The number of rotatable bonds is 5. The zero-order valence-corrected chi connectivity index (χ0v) is 18.1. The van der Waals surface area contributed by atoms with E-state index in [1.807, 2.05) is 30.3 Å². The highest BCUT2D eigenvalue weighted by molar-refractivity contribution is 7.13. The minimum atomic E-state index is -4.69. The van der Waals surface area contributed by atoms with Crippen molar-refractivity contribution in [2.45, 2.75) is 12.7 Å². The number of hydrogen-bond acceptors (Lipinski definition) is 6. The van der Waals surface area contributed by atoms with E-state index in [0.29, 0.717) is 23.3 Å². The largest absolute Gasteiger partial charge is 0.435 e. The Morgan fingerprint density at radius 3 is 2.71 bits per heavy atom. The average Bonchev–Trinajstić information content (AvgIpc) is 3.56. The molecule has 5 rings (SSSR count). The molecule has 0 saturated heterocycles. The summed E-state index contributed by atoms with van der Waals surface area (Å²) in [5.41, 5.74) is 13.2. The smallest absolute Gasteiger partial charge is 0.364 e. The highest BCUT2D eigenvalue weighted by atomic mass is 32.1. The number of H-pyrrole nitrogens is 1. The SMILES string of the molecule is NCc1cccc(-c2cc3cn[nH]c3cc2-n2nc(C(F)(F)F)cc2-c2nc(C(N)=O)cs2)c1. The van der Waals surface area contributed by atoms with E-state index in [0.717, 1.165) is 33.9 Å². The van der Waals surface area contributed by atoms with Crippen molar-refractivity contribution in [2.24, 2.45) is 11.5 Å². The molecule has 0 fully saturated rings. The highest BCUT2D eigenvalue weighted by Gasteiger charge is 2.36. The fourth-order valence-electron chi connectivity index (χ4n) is 3.61. The fraction of sp³-hybridized carbons (Fsp3) is 0.0909. The third kappa shape index (κ3) is 3.82. The van der Waals surface area contributed by atoms with Gasteiger partial charge < -0.3 is 11.5 Å². The van der Waals surface area contributed by atoms with Gasteiger partial charge in [-0.2, -0.15) is 23.4 Å². The van der Waals surface area contributed by atoms with Crippen LogP contribution < -0.4 is 11.5 Å². The van der Waals surface area contributed by atoms with E-state index >= 15 is 0 Å². The van der Waals surface area contributed by atoms with Crippen LogP contribution in [-0.2, 0) is 12.7 Å². The summed E-state index contributed by atoms with van der Waals surface area (Å²) in [6.07, 6.45) is -3.07. The molecule has 2 aromatic carbocycles. The lowest BCUT2D eigenvalue weighted by Gasteiger charge is -2.14. The Morgan fingerprint density at radius 1 is 1.18 bits per heavy atom. The van der Waals surface area contributed by atoms with Gasteiger partial charge in [-0.25, -0.2) is 9.67 Å². The normalized spacial score (nSPS) is 11.9. The summed E-state index contributed by atoms with van der Waals surface area (Å²) < 4.78 is 42.2. The van der Waals surface area contributed by atoms with Crippen LogP contribution in [0.4, 0.5) is 13.2 Å². The van der Waals surface area contributed by atoms with Gasteiger partial charge in [-0.15, -0.1) is 11.3 Å². The quantitative estimate of drug-likeness (QED) is 0.346. The van der Waals surface area contributed by atoms with Crippen LogP contribution in [-0.4, -0.2) is 30.9 Å². The van der Waals surface area contributed by atoms with Crippen molar-refractivity contribution in [3.63, 3.8) is 0 Å². The maximum atomic E-state index is 13.7. The lowest BCUT2D eigenvalue weighted by atomic mass is 9.99. The van der Waals surface area contributed by atoms with Gasteiger partial charge in [0.1, 0.15) is 16.4 Å². The van der Waals surface area contributed by atoms with Gasteiger partial charge in [-0.05, 0) is 35.4 Å². The Hall–Kier alpha value is -4.03. The maximum absolute atomic E-state index is 13.7. The van der Waals surface area contributed by atoms with Crippen molar-refractivity contribution in [2.75, 3.05) is 0 Å². The number of carbonyl (C=O) groups is 1. The molecule has 0 aliphatic carbocycles. The van der Waals surface area contributed by atoms with Crippen LogP contribution in [0.25, 0.3) is 38.4 Å². The summed E-state index contributed by atoms with van der Waals surface area (Å²) >= 11 is 1.000. The molecule has 34 heavy (non-hydrogen) atoms. The second kappa shape index (κ2) is 8.08. The third-order valence-corrected chi connectivity index (χ3v) is 6.10. The predicted octanol–water partition coefficient (Wildman–Crippen LogP) is 4.12. The number of hydrogen-bond donors (Lipinski definition) is 3. The standard InChI is InChI=1S/C22H16F3N7OS/c23-22(24,25)19-7-18(21-29-16(10-34-21)20(27)33)32(31-19)17-6-15-13(9-28-30-15)5-14(17)12-3-1-2-11(4-12)8-26/h1-7,9-10H,8,26H2,(H2,27,33)(H,28,30).